The number of nitrogens with zero attached hydrogens (tertiary/aromatic N) is 1. The van der Waals surface area contributed by atoms with Crippen molar-refractivity contribution in [2.24, 2.45) is 0 Å². The Morgan fingerprint density at radius 2 is 2.06 bits per heavy atom. The number of amides is 1. The van der Waals surface area contributed by atoms with Crippen LogP contribution < -0.4 is 0 Å². The summed E-state index contributed by atoms with van der Waals surface area (Å²) in [6.45, 7) is 2.09. The molecule has 1 heterocycles. The maximum absolute atomic E-state index is 12.6. The van der Waals surface area contributed by atoms with E-state index in [-0.39, 0.29) is 22.1 Å². The average Bonchev–Trinajstić information content (AvgIpc) is 2.76. The molecule has 1 amide bonds. The average molecular weight is 276 g/mol. The number of halogens is 1. The predicted molar refractivity (Wildman–Crippen MR) is 74.8 cm³/mol. The van der Waals surface area contributed by atoms with E-state index >= 15 is 0 Å². The molecule has 0 radical (unpaired) electrons. The molecule has 1 aliphatic heterocycles. The van der Waals surface area contributed by atoms with Crippen LogP contribution in [-0.2, 0) is 4.79 Å². The highest BCUT2D eigenvalue weighted by Gasteiger charge is 2.42. The first-order valence-electron chi connectivity index (χ1n) is 6.60. The highest BCUT2D eigenvalue weighted by Crippen LogP contribution is 2.40. The van der Waals surface area contributed by atoms with Gasteiger partial charge < -0.3 is 4.90 Å². The fourth-order valence-corrected chi connectivity index (χ4v) is 4.72. The molecule has 98 valence electrons. The molecule has 0 N–H and O–H groups in total. The molecule has 2 nitrogen and oxygen atoms in total. The molecule has 4 heteroatoms. The number of carbonyl (C=O) groups excluding carboxylic acids is 1. The third-order valence-corrected chi connectivity index (χ3v) is 6.15. The molecule has 2 rings (SSSR count). The van der Waals surface area contributed by atoms with Crippen molar-refractivity contribution in [3.63, 3.8) is 0 Å². The Morgan fingerprint density at radius 1 is 1.35 bits per heavy atom. The molecule has 0 aromatic carbocycles. The van der Waals surface area contributed by atoms with E-state index in [4.69, 9.17) is 11.6 Å². The lowest BCUT2D eigenvalue weighted by molar-refractivity contribution is -0.134. The summed E-state index contributed by atoms with van der Waals surface area (Å²) in [6.07, 6.45) is 6.70. The van der Waals surface area contributed by atoms with Crippen molar-refractivity contribution in [1.29, 1.82) is 0 Å². The SMILES string of the molecule is CN(C(=O)C1(C)CCCS1)C1CCCCC1Cl. The van der Waals surface area contributed by atoms with Gasteiger partial charge in [0.15, 0.2) is 0 Å². The lowest BCUT2D eigenvalue weighted by Crippen LogP contribution is -2.50. The number of hydrogen-bond acceptors (Lipinski definition) is 2. The van der Waals surface area contributed by atoms with E-state index in [1.807, 2.05) is 23.7 Å². The smallest absolute Gasteiger partial charge is 0.238 e. The van der Waals surface area contributed by atoms with Crippen LogP contribution in [0.1, 0.15) is 45.4 Å². The minimum Gasteiger partial charge on any atom is -0.340 e. The molecule has 0 aromatic rings. The van der Waals surface area contributed by atoms with Crippen LogP contribution in [0.2, 0.25) is 0 Å². The largest absolute Gasteiger partial charge is 0.340 e. The number of carbonyl (C=O) groups is 1. The molecule has 2 fully saturated rings. The highest BCUT2D eigenvalue weighted by molar-refractivity contribution is 8.01. The van der Waals surface area contributed by atoms with Gasteiger partial charge in [0, 0.05) is 13.1 Å². The maximum Gasteiger partial charge on any atom is 0.238 e. The van der Waals surface area contributed by atoms with Crippen molar-refractivity contribution in [3.05, 3.63) is 0 Å². The van der Waals surface area contributed by atoms with Crippen molar-refractivity contribution in [3.8, 4) is 0 Å². The maximum atomic E-state index is 12.6. The second-order valence-corrected chi connectivity index (χ2v) is 7.63. The Morgan fingerprint density at radius 3 is 2.65 bits per heavy atom. The van der Waals surface area contributed by atoms with Gasteiger partial charge in [0.25, 0.3) is 0 Å². The zero-order chi connectivity index (χ0) is 12.5. The van der Waals surface area contributed by atoms with Crippen molar-refractivity contribution >= 4 is 29.3 Å². The molecular formula is C13H22ClNOS. The minimum absolute atomic E-state index is 0.146. The fraction of sp³-hybridized carbons (Fsp3) is 0.923. The molecular weight excluding hydrogens is 254 g/mol. The van der Waals surface area contributed by atoms with Crippen LogP contribution in [0.15, 0.2) is 0 Å². The van der Waals surface area contributed by atoms with Gasteiger partial charge in [-0.15, -0.1) is 23.4 Å². The van der Waals surface area contributed by atoms with Crippen LogP contribution in [0.4, 0.5) is 0 Å². The number of rotatable bonds is 2. The Balaban J connectivity index is 2.03. The zero-order valence-corrected chi connectivity index (χ0v) is 12.3. The number of alkyl halides is 1. The van der Waals surface area contributed by atoms with E-state index in [0.717, 1.165) is 31.4 Å². The molecule has 0 aromatic heterocycles. The van der Waals surface area contributed by atoms with Gasteiger partial charge in [-0.3, -0.25) is 4.79 Å². The molecule has 0 spiro atoms. The molecule has 1 saturated carbocycles. The fourth-order valence-electron chi connectivity index (χ4n) is 2.97. The summed E-state index contributed by atoms with van der Waals surface area (Å²) >= 11 is 8.19. The van der Waals surface area contributed by atoms with Gasteiger partial charge in [0.1, 0.15) is 0 Å². The summed E-state index contributed by atoms with van der Waals surface area (Å²) in [5.74, 6) is 1.41. The summed E-state index contributed by atoms with van der Waals surface area (Å²) in [5, 5.41) is 0.146. The zero-order valence-electron chi connectivity index (χ0n) is 10.7. The van der Waals surface area contributed by atoms with Gasteiger partial charge in [-0.25, -0.2) is 0 Å². The second kappa shape index (κ2) is 5.40. The van der Waals surface area contributed by atoms with E-state index in [9.17, 15) is 4.79 Å². The van der Waals surface area contributed by atoms with Gasteiger partial charge in [-0.2, -0.15) is 0 Å². The van der Waals surface area contributed by atoms with E-state index < -0.39 is 0 Å². The summed E-state index contributed by atoms with van der Waals surface area (Å²) in [4.78, 5) is 14.5. The standard InChI is InChI=1S/C13H22ClNOS/c1-13(8-5-9-17-13)12(16)15(2)11-7-4-3-6-10(11)14/h10-11H,3-9H2,1-2H3. The van der Waals surface area contributed by atoms with Crippen LogP contribution >= 0.6 is 23.4 Å². The van der Waals surface area contributed by atoms with E-state index in [0.29, 0.717) is 0 Å². The van der Waals surface area contributed by atoms with Gasteiger partial charge in [0.05, 0.1) is 10.1 Å². The minimum atomic E-state index is -0.192. The Kier molecular flexibility index (Phi) is 4.30. The first-order chi connectivity index (χ1) is 8.04. The molecule has 17 heavy (non-hydrogen) atoms. The molecule has 3 unspecified atom stereocenters. The number of thioether (sulfide) groups is 1. The van der Waals surface area contributed by atoms with Gasteiger partial charge in [-0.1, -0.05) is 12.8 Å². The van der Waals surface area contributed by atoms with Crippen LogP contribution in [0, 0.1) is 0 Å². The van der Waals surface area contributed by atoms with E-state index in [1.165, 1.54) is 12.8 Å². The summed E-state index contributed by atoms with van der Waals surface area (Å²) in [6, 6.07) is 0.246. The second-order valence-electron chi connectivity index (χ2n) is 5.47. The van der Waals surface area contributed by atoms with E-state index in [1.54, 1.807) is 0 Å². The van der Waals surface area contributed by atoms with Crippen molar-refractivity contribution in [1.82, 2.24) is 4.90 Å². The summed E-state index contributed by atoms with van der Waals surface area (Å²) in [7, 11) is 1.94. The quantitative estimate of drug-likeness (QED) is 0.721. The van der Waals surface area contributed by atoms with Gasteiger partial charge >= 0.3 is 0 Å². The van der Waals surface area contributed by atoms with Crippen molar-refractivity contribution < 1.29 is 4.79 Å². The van der Waals surface area contributed by atoms with Gasteiger partial charge in [0.2, 0.25) is 5.91 Å². The summed E-state index contributed by atoms with van der Waals surface area (Å²) < 4.78 is -0.192. The van der Waals surface area contributed by atoms with Crippen LogP contribution in [0.25, 0.3) is 0 Å². The highest BCUT2D eigenvalue weighted by atomic mass is 35.5. The lowest BCUT2D eigenvalue weighted by Gasteiger charge is -2.38. The van der Waals surface area contributed by atoms with Crippen LogP contribution in [-0.4, -0.2) is 39.8 Å². The molecule has 3 atom stereocenters. The predicted octanol–water partition coefficient (Wildman–Crippen LogP) is 3.28. The number of hydrogen-bond donors (Lipinski definition) is 0. The first kappa shape index (κ1) is 13.5. The molecule has 1 aliphatic carbocycles. The monoisotopic (exact) mass is 275 g/mol. The molecule has 0 bridgehead atoms. The molecule has 2 aliphatic rings. The third kappa shape index (κ3) is 2.76. The molecule has 1 saturated heterocycles. The Labute approximate surface area is 113 Å². The van der Waals surface area contributed by atoms with Gasteiger partial charge in [-0.05, 0) is 38.4 Å². The summed E-state index contributed by atoms with van der Waals surface area (Å²) in [5.41, 5.74) is 0. The normalized spacial score (nSPS) is 38.1. The topological polar surface area (TPSA) is 20.3 Å². The lowest BCUT2D eigenvalue weighted by atomic mass is 9.92. The van der Waals surface area contributed by atoms with E-state index in [2.05, 4.69) is 6.92 Å². The van der Waals surface area contributed by atoms with Crippen LogP contribution in [0.5, 0.6) is 0 Å². The Bertz CT molecular complexity index is 291. The van der Waals surface area contributed by atoms with Crippen molar-refractivity contribution in [2.45, 2.75) is 61.6 Å². The van der Waals surface area contributed by atoms with Crippen LogP contribution in [0.3, 0.4) is 0 Å². The Hall–Kier alpha value is 0.110. The van der Waals surface area contributed by atoms with Crippen molar-refractivity contribution in [2.75, 3.05) is 12.8 Å². The third-order valence-electron chi connectivity index (χ3n) is 4.14. The first-order valence-corrected chi connectivity index (χ1v) is 8.02.